The Morgan fingerprint density at radius 1 is 1.13 bits per heavy atom. The average Bonchev–Trinajstić information content (AvgIpc) is 2.53. The van der Waals surface area contributed by atoms with E-state index in [1.807, 2.05) is 0 Å². The van der Waals surface area contributed by atoms with Crippen molar-refractivity contribution in [2.24, 2.45) is 0 Å². The molecule has 3 rings (SSSR count). The molecule has 0 bridgehead atoms. The number of carboxylic acids is 1. The van der Waals surface area contributed by atoms with Crippen LogP contribution >= 0.6 is 0 Å². The highest BCUT2D eigenvalue weighted by molar-refractivity contribution is 6.03. The van der Waals surface area contributed by atoms with Crippen molar-refractivity contribution in [2.75, 3.05) is 0 Å². The average molecular weight is 318 g/mol. The zero-order valence-electron chi connectivity index (χ0n) is 11.5. The van der Waals surface area contributed by atoms with Gasteiger partial charge in [-0.1, -0.05) is 12.1 Å². The Morgan fingerprint density at radius 2 is 1.91 bits per heavy atom. The van der Waals surface area contributed by atoms with Crippen molar-refractivity contribution in [2.45, 2.75) is 6.18 Å². The van der Waals surface area contributed by atoms with Crippen molar-refractivity contribution in [1.29, 1.82) is 0 Å². The molecule has 2 aromatic heterocycles. The van der Waals surface area contributed by atoms with E-state index in [2.05, 4.69) is 9.97 Å². The Hall–Kier alpha value is -2.96. The Balaban J connectivity index is 2.23. The van der Waals surface area contributed by atoms with Crippen LogP contribution in [0.3, 0.4) is 0 Å². The zero-order chi connectivity index (χ0) is 16.6. The lowest BCUT2D eigenvalue weighted by molar-refractivity contribution is -0.137. The summed E-state index contributed by atoms with van der Waals surface area (Å²) < 4.78 is 38.5. The van der Waals surface area contributed by atoms with Gasteiger partial charge in [-0.3, -0.25) is 4.98 Å². The number of benzene rings is 1. The lowest BCUT2D eigenvalue weighted by Crippen LogP contribution is -2.05. The summed E-state index contributed by atoms with van der Waals surface area (Å²) in [7, 11) is 0. The number of pyridine rings is 2. The second-order valence-corrected chi connectivity index (χ2v) is 4.83. The Morgan fingerprint density at radius 3 is 2.61 bits per heavy atom. The van der Waals surface area contributed by atoms with E-state index in [0.717, 1.165) is 12.1 Å². The van der Waals surface area contributed by atoms with Gasteiger partial charge in [0.15, 0.2) is 0 Å². The molecule has 0 fully saturated rings. The molecule has 7 heteroatoms. The number of nitrogens with zero attached hydrogens (tertiary/aromatic N) is 2. The Bertz CT molecular complexity index is 907. The number of carboxylic acid groups (broad SMARTS) is 1. The summed E-state index contributed by atoms with van der Waals surface area (Å²) in [5.41, 5.74) is -0.167. The molecule has 0 aliphatic rings. The maximum absolute atomic E-state index is 12.8. The number of hydrogen-bond donors (Lipinski definition) is 1. The quantitative estimate of drug-likeness (QED) is 0.775. The van der Waals surface area contributed by atoms with Gasteiger partial charge in [-0.2, -0.15) is 13.2 Å². The van der Waals surface area contributed by atoms with E-state index in [4.69, 9.17) is 0 Å². The van der Waals surface area contributed by atoms with E-state index < -0.39 is 17.7 Å². The number of aromatic carboxylic acids is 1. The van der Waals surface area contributed by atoms with Crippen LogP contribution in [-0.4, -0.2) is 21.0 Å². The molecule has 0 saturated heterocycles. The van der Waals surface area contributed by atoms with E-state index in [1.165, 1.54) is 36.7 Å². The molecule has 0 aliphatic heterocycles. The van der Waals surface area contributed by atoms with Crippen LogP contribution in [0.25, 0.3) is 22.2 Å². The number of halogens is 3. The van der Waals surface area contributed by atoms with Gasteiger partial charge >= 0.3 is 12.1 Å². The molecule has 1 aromatic carbocycles. The lowest BCUT2D eigenvalue weighted by atomic mass is 10.0. The fourth-order valence-electron chi connectivity index (χ4n) is 2.25. The largest absolute Gasteiger partial charge is 0.478 e. The monoisotopic (exact) mass is 318 g/mol. The first kappa shape index (κ1) is 15.0. The van der Waals surface area contributed by atoms with Crippen molar-refractivity contribution >= 4 is 16.9 Å². The minimum Gasteiger partial charge on any atom is -0.478 e. The lowest BCUT2D eigenvalue weighted by Gasteiger charge is -2.10. The molecule has 1 N–H and O–H groups in total. The van der Waals surface area contributed by atoms with Gasteiger partial charge in [-0.15, -0.1) is 0 Å². The molecular weight excluding hydrogens is 309 g/mol. The minimum atomic E-state index is -4.48. The standard InChI is InChI=1S/C16H9F3N2O2/c17-16(18,19)10-3-1-2-9(6-10)14-7-11(15(22)23)12-8-20-5-4-13(12)21-14/h1-8H,(H,22,23). The van der Waals surface area contributed by atoms with Gasteiger partial charge in [0.2, 0.25) is 0 Å². The second kappa shape index (κ2) is 5.35. The fourth-order valence-corrected chi connectivity index (χ4v) is 2.25. The predicted octanol–water partition coefficient (Wildman–Crippen LogP) is 4.01. The normalized spacial score (nSPS) is 11.6. The molecule has 3 aromatic rings. The number of alkyl halides is 3. The predicted molar refractivity (Wildman–Crippen MR) is 76.9 cm³/mol. The fraction of sp³-hybridized carbons (Fsp3) is 0.0625. The summed E-state index contributed by atoms with van der Waals surface area (Å²) in [5.74, 6) is -1.20. The SMILES string of the molecule is O=C(O)c1cc(-c2cccc(C(F)(F)F)c2)nc2ccncc12. The van der Waals surface area contributed by atoms with Crippen LogP contribution < -0.4 is 0 Å². The molecule has 0 saturated carbocycles. The van der Waals surface area contributed by atoms with Crippen molar-refractivity contribution in [3.63, 3.8) is 0 Å². The number of fused-ring (bicyclic) bond motifs is 1. The van der Waals surface area contributed by atoms with Crippen LogP contribution in [0.2, 0.25) is 0 Å². The van der Waals surface area contributed by atoms with Crippen LogP contribution in [0, 0.1) is 0 Å². The number of hydrogen-bond acceptors (Lipinski definition) is 3. The van der Waals surface area contributed by atoms with Gasteiger partial charge < -0.3 is 5.11 Å². The molecule has 0 aliphatic carbocycles. The maximum Gasteiger partial charge on any atom is 0.416 e. The molecule has 2 heterocycles. The highest BCUT2D eigenvalue weighted by Gasteiger charge is 2.30. The van der Waals surface area contributed by atoms with E-state index in [0.29, 0.717) is 10.9 Å². The van der Waals surface area contributed by atoms with Crippen molar-refractivity contribution in [3.8, 4) is 11.3 Å². The first-order chi connectivity index (χ1) is 10.9. The summed E-state index contributed by atoms with van der Waals surface area (Å²) in [6.45, 7) is 0. The Labute approximate surface area is 128 Å². The van der Waals surface area contributed by atoms with Crippen molar-refractivity contribution < 1.29 is 23.1 Å². The smallest absolute Gasteiger partial charge is 0.416 e. The molecule has 0 spiro atoms. The second-order valence-electron chi connectivity index (χ2n) is 4.83. The summed E-state index contributed by atoms with van der Waals surface area (Å²) in [5, 5.41) is 9.63. The highest BCUT2D eigenvalue weighted by atomic mass is 19.4. The van der Waals surface area contributed by atoms with E-state index in [-0.39, 0.29) is 16.8 Å². The van der Waals surface area contributed by atoms with Crippen LogP contribution in [0.4, 0.5) is 13.2 Å². The highest BCUT2D eigenvalue weighted by Crippen LogP contribution is 2.32. The van der Waals surface area contributed by atoms with Gasteiger partial charge in [0.25, 0.3) is 0 Å². The van der Waals surface area contributed by atoms with Gasteiger partial charge in [-0.05, 0) is 24.3 Å². The number of carbonyl (C=O) groups is 1. The molecule has 4 nitrogen and oxygen atoms in total. The molecule has 0 unspecified atom stereocenters. The van der Waals surface area contributed by atoms with Crippen LogP contribution in [-0.2, 0) is 6.18 Å². The molecule has 0 radical (unpaired) electrons. The maximum atomic E-state index is 12.8. The number of rotatable bonds is 2. The Kier molecular flexibility index (Phi) is 3.48. The zero-order valence-corrected chi connectivity index (χ0v) is 11.5. The van der Waals surface area contributed by atoms with E-state index >= 15 is 0 Å². The third-order valence-corrected chi connectivity index (χ3v) is 3.33. The van der Waals surface area contributed by atoms with Crippen LogP contribution in [0.5, 0.6) is 0 Å². The van der Waals surface area contributed by atoms with Crippen molar-refractivity contribution in [1.82, 2.24) is 9.97 Å². The van der Waals surface area contributed by atoms with Gasteiger partial charge in [-0.25, -0.2) is 9.78 Å². The summed E-state index contributed by atoms with van der Waals surface area (Å²) >= 11 is 0. The molecule has 116 valence electrons. The first-order valence-corrected chi connectivity index (χ1v) is 6.52. The van der Waals surface area contributed by atoms with Crippen LogP contribution in [0.1, 0.15) is 15.9 Å². The van der Waals surface area contributed by atoms with Gasteiger partial charge in [0.05, 0.1) is 22.3 Å². The summed E-state index contributed by atoms with van der Waals surface area (Å²) in [4.78, 5) is 19.5. The molecular formula is C16H9F3N2O2. The summed E-state index contributed by atoms with van der Waals surface area (Å²) in [6, 6.07) is 7.38. The molecule has 0 amide bonds. The van der Waals surface area contributed by atoms with Crippen LogP contribution in [0.15, 0.2) is 48.8 Å². The number of aromatic nitrogens is 2. The third kappa shape index (κ3) is 2.85. The summed E-state index contributed by atoms with van der Waals surface area (Å²) in [6.07, 6.45) is -1.68. The van der Waals surface area contributed by atoms with Crippen molar-refractivity contribution in [3.05, 3.63) is 59.9 Å². The van der Waals surface area contributed by atoms with Gasteiger partial charge in [0.1, 0.15) is 0 Å². The third-order valence-electron chi connectivity index (χ3n) is 3.33. The topological polar surface area (TPSA) is 63.1 Å². The molecule has 0 atom stereocenters. The molecule has 23 heavy (non-hydrogen) atoms. The minimum absolute atomic E-state index is 0.0597. The van der Waals surface area contributed by atoms with E-state index in [1.54, 1.807) is 0 Å². The first-order valence-electron chi connectivity index (χ1n) is 6.52. The van der Waals surface area contributed by atoms with E-state index in [9.17, 15) is 23.1 Å². The van der Waals surface area contributed by atoms with Gasteiger partial charge in [0, 0.05) is 23.3 Å².